The Morgan fingerprint density at radius 2 is 1.73 bits per heavy atom. The van der Waals surface area contributed by atoms with E-state index >= 15 is 0 Å². The van der Waals surface area contributed by atoms with E-state index in [1.165, 1.54) is 37.6 Å². The van der Waals surface area contributed by atoms with Crippen LogP contribution in [-0.2, 0) is 22.5 Å². The summed E-state index contributed by atoms with van der Waals surface area (Å²) in [4.78, 5) is 36.9. The van der Waals surface area contributed by atoms with Crippen LogP contribution < -0.4 is 15.4 Å². The lowest BCUT2D eigenvalue weighted by atomic mass is 10.0. The number of carbonyl (C=O) groups is 3. The molecule has 0 aliphatic carbocycles. The molecule has 0 saturated carbocycles. The van der Waals surface area contributed by atoms with Crippen LogP contribution in [0.4, 0.5) is 9.18 Å². The summed E-state index contributed by atoms with van der Waals surface area (Å²) >= 11 is 0. The van der Waals surface area contributed by atoms with Gasteiger partial charge in [-0.2, -0.15) is 0 Å². The van der Waals surface area contributed by atoms with Crippen LogP contribution >= 0.6 is 0 Å². The van der Waals surface area contributed by atoms with E-state index in [1.807, 2.05) is 0 Å². The molecule has 2 atom stereocenters. The van der Waals surface area contributed by atoms with Crippen molar-refractivity contribution >= 4 is 18.0 Å². The zero-order valence-corrected chi connectivity index (χ0v) is 22.3. The summed E-state index contributed by atoms with van der Waals surface area (Å²) in [6.07, 6.45) is -0.0797. The zero-order valence-electron chi connectivity index (χ0n) is 22.3. The quantitative estimate of drug-likeness (QED) is 0.235. The minimum Gasteiger partial charge on any atom is -0.497 e. The standard InChI is InChI=1S/C30H28FN3O7/c1-18(24-5-3-4-6-25(24)31)41-30(38)32-16-22-17-40-34-27(22)20-9-11-21(12-10-20)28(35)33-26(29(36)37)15-19-7-13-23(39-2)14-8-19/h3-14,17-18,26H,15-16H2,1-2H3,(H,32,38)(H,33,35)(H,36,37). The molecule has 11 heteroatoms. The van der Waals surface area contributed by atoms with Gasteiger partial charge in [0.05, 0.1) is 13.7 Å². The summed E-state index contributed by atoms with van der Waals surface area (Å²) in [5.74, 6) is -1.54. The van der Waals surface area contributed by atoms with Crippen molar-refractivity contribution in [2.24, 2.45) is 0 Å². The molecule has 0 bridgehead atoms. The number of nitrogens with zero attached hydrogens (tertiary/aromatic N) is 1. The van der Waals surface area contributed by atoms with Crippen LogP contribution in [0.3, 0.4) is 0 Å². The monoisotopic (exact) mass is 561 g/mol. The Morgan fingerprint density at radius 3 is 2.39 bits per heavy atom. The van der Waals surface area contributed by atoms with Gasteiger partial charge in [-0.1, -0.05) is 47.6 Å². The Morgan fingerprint density at radius 1 is 1.02 bits per heavy atom. The SMILES string of the molecule is COc1ccc(CC(NC(=O)c2ccc(-c3nocc3CNC(=O)OC(C)c3ccccc3F)cc2)C(=O)O)cc1. The molecule has 0 radical (unpaired) electrons. The number of rotatable bonds is 11. The summed E-state index contributed by atoms with van der Waals surface area (Å²) in [7, 11) is 1.54. The van der Waals surface area contributed by atoms with Crippen LogP contribution in [0.5, 0.6) is 5.75 Å². The molecule has 212 valence electrons. The lowest BCUT2D eigenvalue weighted by molar-refractivity contribution is -0.139. The number of carboxylic acids is 1. The minimum absolute atomic E-state index is 0.0234. The number of hydrogen-bond donors (Lipinski definition) is 3. The predicted octanol–water partition coefficient (Wildman–Crippen LogP) is 4.90. The van der Waals surface area contributed by atoms with Gasteiger partial charge in [0.25, 0.3) is 5.91 Å². The molecule has 10 nitrogen and oxygen atoms in total. The van der Waals surface area contributed by atoms with Gasteiger partial charge in [-0.05, 0) is 42.8 Å². The van der Waals surface area contributed by atoms with Gasteiger partial charge in [0.15, 0.2) is 0 Å². The minimum atomic E-state index is -1.16. The molecule has 0 aliphatic heterocycles. The van der Waals surface area contributed by atoms with Crippen molar-refractivity contribution in [3.05, 3.63) is 107 Å². The number of amides is 2. The molecule has 0 aliphatic rings. The topological polar surface area (TPSA) is 140 Å². The van der Waals surface area contributed by atoms with Crippen LogP contribution in [0.2, 0.25) is 0 Å². The number of nitrogens with one attached hydrogen (secondary N) is 2. The summed E-state index contributed by atoms with van der Waals surface area (Å²) < 4.78 is 29.4. The van der Waals surface area contributed by atoms with Crippen molar-refractivity contribution in [1.29, 1.82) is 0 Å². The number of benzene rings is 3. The first-order valence-electron chi connectivity index (χ1n) is 12.6. The normalized spacial score (nSPS) is 12.2. The van der Waals surface area contributed by atoms with E-state index in [4.69, 9.17) is 14.0 Å². The van der Waals surface area contributed by atoms with Gasteiger partial charge >= 0.3 is 12.1 Å². The van der Waals surface area contributed by atoms with E-state index in [0.29, 0.717) is 22.6 Å². The van der Waals surface area contributed by atoms with E-state index in [2.05, 4.69) is 15.8 Å². The summed E-state index contributed by atoms with van der Waals surface area (Å²) in [6.45, 7) is 1.59. The molecule has 3 N–H and O–H groups in total. The Hall–Kier alpha value is -5.19. The average Bonchev–Trinajstić information content (AvgIpc) is 3.45. The molecule has 4 aromatic rings. The molecular weight excluding hydrogens is 533 g/mol. The van der Waals surface area contributed by atoms with Crippen molar-refractivity contribution in [3.63, 3.8) is 0 Å². The van der Waals surface area contributed by atoms with Gasteiger partial charge in [-0.25, -0.2) is 14.0 Å². The Balaban J connectivity index is 1.35. The maximum atomic E-state index is 13.9. The highest BCUT2D eigenvalue weighted by molar-refractivity contribution is 5.97. The van der Waals surface area contributed by atoms with Crippen molar-refractivity contribution in [3.8, 4) is 17.0 Å². The second-order valence-corrected chi connectivity index (χ2v) is 9.10. The van der Waals surface area contributed by atoms with E-state index in [1.54, 1.807) is 55.5 Å². The maximum Gasteiger partial charge on any atom is 0.408 e. The predicted molar refractivity (Wildman–Crippen MR) is 146 cm³/mol. The van der Waals surface area contributed by atoms with Crippen molar-refractivity contribution in [2.75, 3.05) is 7.11 Å². The van der Waals surface area contributed by atoms with E-state index in [0.717, 1.165) is 5.56 Å². The highest BCUT2D eigenvalue weighted by Crippen LogP contribution is 2.24. The van der Waals surface area contributed by atoms with Crippen LogP contribution in [0, 0.1) is 5.82 Å². The smallest absolute Gasteiger partial charge is 0.408 e. The van der Waals surface area contributed by atoms with Gasteiger partial charge in [0.2, 0.25) is 0 Å². The number of halogens is 1. The van der Waals surface area contributed by atoms with Gasteiger partial charge in [0.1, 0.15) is 35.7 Å². The third kappa shape index (κ3) is 7.47. The molecule has 1 heterocycles. The Bertz CT molecular complexity index is 1500. The fourth-order valence-electron chi connectivity index (χ4n) is 4.08. The molecule has 2 amide bonds. The summed E-state index contributed by atoms with van der Waals surface area (Å²) in [5, 5.41) is 18.8. The second-order valence-electron chi connectivity index (χ2n) is 9.10. The molecule has 3 aromatic carbocycles. The van der Waals surface area contributed by atoms with Crippen LogP contribution in [-0.4, -0.2) is 41.4 Å². The number of ether oxygens (including phenoxy) is 2. The number of aromatic nitrogens is 1. The zero-order chi connectivity index (χ0) is 29.4. The van der Waals surface area contributed by atoms with Crippen molar-refractivity contribution in [2.45, 2.75) is 32.0 Å². The average molecular weight is 562 g/mol. The Labute approximate surface area is 235 Å². The first-order valence-corrected chi connectivity index (χ1v) is 12.6. The van der Waals surface area contributed by atoms with E-state index < -0.39 is 35.9 Å². The second kappa shape index (κ2) is 13.2. The largest absolute Gasteiger partial charge is 0.497 e. The first kappa shape index (κ1) is 28.8. The third-order valence-corrected chi connectivity index (χ3v) is 6.32. The van der Waals surface area contributed by atoms with Gasteiger partial charge in [0, 0.05) is 28.7 Å². The van der Waals surface area contributed by atoms with Crippen LogP contribution in [0.1, 0.15) is 40.1 Å². The Kier molecular flexibility index (Phi) is 9.31. The van der Waals surface area contributed by atoms with E-state index in [-0.39, 0.29) is 24.1 Å². The number of alkyl carbamates (subject to hydrolysis) is 1. The van der Waals surface area contributed by atoms with E-state index in [9.17, 15) is 23.9 Å². The molecule has 0 spiro atoms. The fraction of sp³-hybridized carbons (Fsp3) is 0.200. The summed E-state index contributed by atoms with van der Waals surface area (Å²) in [6, 6.07) is 18.2. The summed E-state index contributed by atoms with van der Waals surface area (Å²) in [5.41, 5.74) is 2.82. The third-order valence-electron chi connectivity index (χ3n) is 6.32. The van der Waals surface area contributed by atoms with Gasteiger partial charge < -0.3 is 29.7 Å². The highest BCUT2D eigenvalue weighted by atomic mass is 19.1. The number of methoxy groups -OCH3 is 1. The molecular formula is C30H28FN3O7. The van der Waals surface area contributed by atoms with Gasteiger partial charge in [-0.15, -0.1) is 0 Å². The fourth-order valence-corrected chi connectivity index (χ4v) is 4.08. The molecule has 0 fully saturated rings. The molecule has 41 heavy (non-hydrogen) atoms. The molecule has 4 rings (SSSR count). The van der Waals surface area contributed by atoms with Crippen LogP contribution in [0.25, 0.3) is 11.3 Å². The number of carbonyl (C=O) groups excluding carboxylic acids is 2. The molecule has 1 aromatic heterocycles. The number of hydrogen-bond acceptors (Lipinski definition) is 7. The lowest BCUT2D eigenvalue weighted by Gasteiger charge is -2.15. The highest BCUT2D eigenvalue weighted by Gasteiger charge is 2.22. The maximum absolute atomic E-state index is 13.9. The van der Waals surface area contributed by atoms with Crippen molar-refractivity contribution < 1.29 is 37.9 Å². The van der Waals surface area contributed by atoms with Crippen molar-refractivity contribution in [1.82, 2.24) is 15.8 Å². The van der Waals surface area contributed by atoms with Gasteiger partial charge in [-0.3, -0.25) is 4.79 Å². The number of aliphatic carboxylic acids is 1. The number of carboxylic acid groups (broad SMARTS) is 1. The molecule has 2 unspecified atom stereocenters. The lowest BCUT2D eigenvalue weighted by Crippen LogP contribution is -2.42. The van der Waals surface area contributed by atoms with Crippen LogP contribution in [0.15, 0.2) is 83.6 Å². The first-order chi connectivity index (χ1) is 19.7. The molecule has 0 saturated heterocycles.